The first-order valence-corrected chi connectivity index (χ1v) is 9.29. The van der Waals surface area contributed by atoms with E-state index in [1.807, 2.05) is 13.8 Å². The summed E-state index contributed by atoms with van der Waals surface area (Å²) >= 11 is 0. The maximum Gasteiger partial charge on any atom is 0.242 e. The van der Waals surface area contributed by atoms with E-state index in [0.717, 1.165) is 11.1 Å². The molecule has 0 heterocycles. The molecule has 0 saturated carbocycles. The molecule has 0 aliphatic rings. The van der Waals surface area contributed by atoms with Gasteiger partial charge in [0.1, 0.15) is 6.04 Å². The summed E-state index contributed by atoms with van der Waals surface area (Å²) in [5.74, 6) is -0.668. The molecule has 0 fully saturated rings. The van der Waals surface area contributed by atoms with Gasteiger partial charge in [-0.15, -0.1) is 0 Å². The average molecular weight is 355 g/mol. The summed E-state index contributed by atoms with van der Waals surface area (Å²) in [5.41, 5.74) is 1.89. The smallest absolute Gasteiger partial charge is 0.242 e. The average Bonchev–Trinajstić information content (AvgIpc) is 2.49. The van der Waals surface area contributed by atoms with Crippen molar-refractivity contribution in [3.63, 3.8) is 0 Å². The van der Waals surface area contributed by atoms with Crippen LogP contribution in [-0.2, 0) is 19.6 Å². The number of sulfonamides is 1. The van der Waals surface area contributed by atoms with Crippen molar-refractivity contribution in [2.45, 2.75) is 45.1 Å². The second kappa shape index (κ2) is 8.79. The van der Waals surface area contributed by atoms with Crippen molar-refractivity contribution >= 4 is 21.8 Å². The van der Waals surface area contributed by atoms with Crippen molar-refractivity contribution in [3.05, 3.63) is 29.3 Å². The van der Waals surface area contributed by atoms with Crippen molar-refractivity contribution in [3.8, 4) is 0 Å². The maximum absolute atomic E-state index is 12.2. The Kier molecular flexibility index (Phi) is 7.37. The molecule has 0 aliphatic carbocycles. The van der Waals surface area contributed by atoms with Crippen LogP contribution in [0.2, 0.25) is 0 Å². The Bertz CT molecular complexity index is 701. The van der Waals surface area contributed by atoms with Crippen LogP contribution >= 0.6 is 0 Å². The first-order valence-electron chi connectivity index (χ1n) is 7.81. The van der Waals surface area contributed by atoms with Crippen molar-refractivity contribution in [1.82, 2.24) is 15.4 Å². The lowest BCUT2D eigenvalue weighted by Gasteiger charge is -2.13. The number of amides is 2. The molecule has 0 aliphatic heterocycles. The molecule has 0 radical (unpaired) electrons. The minimum Gasteiger partial charge on any atom is -0.355 e. The molecule has 134 valence electrons. The highest BCUT2D eigenvalue weighted by Crippen LogP contribution is 2.14. The topological polar surface area (TPSA) is 104 Å². The Morgan fingerprint density at radius 1 is 1.17 bits per heavy atom. The Morgan fingerprint density at radius 3 is 2.42 bits per heavy atom. The summed E-state index contributed by atoms with van der Waals surface area (Å²) in [4.78, 5) is 23.4. The lowest BCUT2D eigenvalue weighted by Crippen LogP contribution is -2.45. The number of hydrogen-bond acceptors (Lipinski definition) is 4. The van der Waals surface area contributed by atoms with E-state index in [1.165, 1.54) is 6.07 Å². The van der Waals surface area contributed by atoms with E-state index >= 15 is 0 Å². The van der Waals surface area contributed by atoms with Crippen LogP contribution in [0.4, 0.5) is 0 Å². The van der Waals surface area contributed by atoms with Crippen LogP contribution in [0.1, 0.15) is 31.4 Å². The van der Waals surface area contributed by atoms with Crippen LogP contribution in [0.3, 0.4) is 0 Å². The van der Waals surface area contributed by atoms with Crippen molar-refractivity contribution < 1.29 is 18.0 Å². The van der Waals surface area contributed by atoms with Gasteiger partial charge in [0.2, 0.25) is 21.8 Å². The lowest BCUT2D eigenvalue weighted by atomic mass is 10.1. The Balaban J connectivity index is 2.52. The monoisotopic (exact) mass is 355 g/mol. The number of carbonyl (C=O) groups is 2. The molecular weight excluding hydrogens is 330 g/mol. The molecule has 1 rings (SSSR count). The van der Waals surface area contributed by atoms with Crippen LogP contribution in [0, 0.1) is 13.8 Å². The molecular formula is C16H25N3O4S. The fourth-order valence-electron chi connectivity index (χ4n) is 1.97. The van der Waals surface area contributed by atoms with Gasteiger partial charge in [-0.1, -0.05) is 6.07 Å². The zero-order valence-electron chi connectivity index (χ0n) is 14.5. The van der Waals surface area contributed by atoms with Crippen LogP contribution in [0.15, 0.2) is 23.1 Å². The van der Waals surface area contributed by atoms with E-state index in [1.54, 1.807) is 26.0 Å². The number of likely N-dealkylation sites (N-methyl/N-ethyl adjacent to an activating group) is 1. The third-order valence-electron chi connectivity index (χ3n) is 3.55. The molecule has 7 nitrogen and oxygen atoms in total. The summed E-state index contributed by atoms with van der Waals surface area (Å²) in [5, 5.41) is 5.12. The number of carbonyl (C=O) groups excluding carboxylic acids is 2. The molecule has 0 saturated heterocycles. The second-order valence-electron chi connectivity index (χ2n) is 5.58. The number of aryl methyl sites for hydroxylation is 2. The molecule has 0 spiro atoms. The van der Waals surface area contributed by atoms with Crippen molar-refractivity contribution in [1.29, 1.82) is 0 Å². The zero-order chi connectivity index (χ0) is 18.3. The van der Waals surface area contributed by atoms with E-state index < -0.39 is 22.0 Å². The zero-order valence-corrected chi connectivity index (χ0v) is 15.3. The van der Waals surface area contributed by atoms with Gasteiger partial charge in [0.15, 0.2) is 0 Å². The summed E-state index contributed by atoms with van der Waals surface area (Å²) in [7, 11) is -3.66. The molecule has 0 aromatic heterocycles. The van der Waals surface area contributed by atoms with Crippen LogP contribution in [0.5, 0.6) is 0 Å². The molecule has 24 heavy (non-hydrogen) atoms. The van der Waals surface area contributed by atoms with Gasteiger partial charge in [0.05, 0.1) is 4.90 Å². The predicted molar refractivity (Wildman–Crippen MR) is 92.0 cm³/mol. The van der Waals surface area contributed by atoms with Gasteiger partial charge in [-0.25, -0.2) is 13.1 Å². The number of hydrogen-bond donors (Lipinski definition) is 3. The maximum atomic E-state index is 12.2. The highest BCUT2D eigenvalue weighted by Gasteiger charge is 2.17. The minimum absolute atomic E-state index is 0.0385. The quantitative estimate of drug-likeness (QED) is 0.635. The lowest BCUT2D eigenvalue weighted by molar-refractivity contribution is -0.128. The van der Waals surface area contributed by atoms with E-state index in [2.05, 4.69) is 15.4 Å². The summed E-state index contributed by atoms with van der Waals surface area (Å²) < 4.78 is 26.8. The molecule has 1 aromatic carbocycles. The van der Waals surface area contributed by atoms with Crippen molar-refractivity contribution in [2.24, 2.45) is 0 Å². The largest absolute Gasteiger partial charge is 0.355 e. The van der Waals surface area contributed by atoms with Gasteiger partial charge in [-0.3, -0.25) is 9.59 Å². The third-order valence-corrected chi connectivity index (χ3v) is 5.01. The van der Waals surface area contributed by atoms with Gasteiger partial charge < -0.3 is 10.6 Å². The van der Waals surface area contributed by atoms with E-state index in [0.29, 0.717) is 6.54 Å². The summed E-state index contributed by atoms with van der Waals surface area (Å²) in [6.07, 6.45) is -0.0478. The molecule has 0 bridgehead atoms. The van der Waals surface area contributed by atoms with Gasteiger partial charge in [0.25, 0.3) is 0 Å². The van der Waals surface area contributed by atoms with Crippen LogP contribution in [-0.4, -0.2) is 39.4 Å². The molecule has 1 aromatic rings. The van der Waals surface area contributed by atoms with E-state index in [-0.39, 0.29) is 23.8 Å². The van der Waals surface area contributed by atoms with Crippen LogP contribution < -0.4 is 15.4 Å². The fraction of sp³-hybridized carbons (Fsp3) is 0.500. The Hall–Kier alpha value is -1.93. The first-order chi connectivity index (χ1) is 11.2. The molecule has 8 heteroatoms. The fourth-order valence-corrected chi connectivity index (χ4v) is 3.09. The highest BCUT2D eigenvalue weighted by atomic mass is 32.2. The second-order valence-corrected chi connectivity index (χ2v) is 7.34. The van der Waals surface area contributed by atoms with Crippen molar-refractivity contribution in [2.75, 3.05) is 13.1 Å². The predicted octanol–water partition coefficient (Wildman–Crippen LogP) is 0.613. The summed E-state index contributed by atoms with van der Waals surface area (Å²) in [6, 6.07) is 4.20. The molecule has 2 amide bonds. The van der Waals surface area contributed by atoms with E-state index in [4.69, 9.17) is 0 Å². The van der Waals surface area contributed by atoms with Gasteiger partial charge in [0, 0.05) is 19.5 Å². The number of benzene rings is 1. The van der Waals surface area contributed by atoms with Gasteiger partial charge in [-0.05, 0) is 51.0 Å². The van der Waals surface area contributed by atoms with Gasteiger partial charge >= 0.3 is 0 Å². The SMILES string of the molecule is CCNC(=O)[C@H](C)NC(=O)CCNS(=O)(=O)c1ccc(C)c(C)c1. The van der Waals surface area contributed by atoms with Crippen LogP contribution in [0.25, 0.3) is 0 Å². The number of rotatable bonds is 8. The van der Waals surface area contributed by atoms with Gasteiger partial charge in [-0.2, -0.15) is 0 Å². The standard InChI is InChI=1S/C16H25N3O4S/c1-5-17-16(21)13(4)19-15(20)8-9-18-24(22,23)14-7-6-11(2)12(3)10-14/h6-7,10,13,18H,5,8-9H2,1-4H3,(H,17,21)(H,19,20)/t13-/m0/s1. The summed E-state index contributed by atoms with van der Waals surface area (Å²) in [6.45, 7) is 7.54. The van der Waals surface area contributed by atoms with E-state index in [9.17, 15) is 18.0 Å². The Morgan fingerprint density at radius 2 is 1.83 bits per heavy atom. The molecule has 1 atom stereocenters. The Labute approximate surface area is 143 Å². The molecule has 3 N–H and O–H groups in total. The third kappa shape index (κ3) is 5.93. The highest BCUT2D eigenvalue weighted by molar-refractivity contribution is 7.89. The molecule has 0 unspecified atom stereocenters. The first kappa shape index (κ1) is 20.1. The number of nitrogens with one attached hydrogen (secondary N) is 3. The normalized spacial score (nSPS) is 12.5. The minimum atomic E-state index is -3.66.